The molecule has 0 radical (unpaired) electrons. The molecule has 6 nitrogen and oxygen atoms in total. The van der Waals surface area contributed by atoms with E-state index in [4.69, 9.17) is 16.3 Å². The van der Waals surface area contributed by atoms with Crippen LogP contribution in [0, 0.1) is 6.92 Å². The molecule has 2 amide bonds. The van der Waals surface area contributed by atoms with Crippen molar-refractivity contribution >= 4 is 29.1 Å². The van der Waals surface area contributed by atoms with Crippen LogP contribution in [-0.4, -0.2) is 29.9 Å². The van der Waals surface area contributed by atoms with Crippen molar-refractivity contribution in [3.63, 3.8) is 0 Å². The van der Waals surface area contributed by atoms with Gasteiger partial charge < -0.3 is 15.0 Å². The second kappa shape index (κ2) is 7.74. The van der Waals surface area contributed by atoms with Crippen molar-refractivity contribution < 1.29 is 14.3 Å². The summed E-state index contributed by atoms with van der Waals surface area (Å²) in [5.41, 5.74) is 2.44. The van der Waals surface area contributed by atoms with Crippen molar-refractivity contribution in [1.29, 1.82) is 0 Å². The van der Waals surface area contributed by atoms with Gasteiger partial charge in [-0.15, -0.1) is 0 Å². The van der Waals surface area contributed by atoms with E-state index in [1.165, 1.54) is 6.92 Å². The minimum absolute atomic E-state index is 0.101. The molecule has 0 bridgehead atoms. The van der Waals surface area contributed by atoms with Gasteiger partial charge in [-0.1, -0.05) is 23.7 Å². The fourth-order valence-corrected chi connectivity index (χ4v) is 3.06. The number of ether oxygens (including phenoxy) is 1. The SMILES string of the molecule is CC(=O)NC(CC(=O)N1CCOc2ncc(C)cc21)c1ccc(Cl)cc1. The zero-order valence-corrected chi connectivity index (χ0v) is 15.4. The molecule has 1 aromatic carbocycles. The Labute approximate surface area is 157 Å². The number of carbonyl (C=O) groups is 2. The third-order valence-electron chi connectivity index (χ3n) is 4.14. The lowest BCUT2D eigenvalue weighted by atomic mass is 10.0. The number of nitrogens with zero attached hydrogens (tertiary/aromatic N) is 2. The van der Waals surface area contributed by atoms with Crippen molar-refractivity contribution in [2.75, 3.05) is 18.1 Å². The number of pyridine rings is 1. The smallest absolute Gasteiger partial charge is 0.238 e. The molecule has 1 aliphatic heterocycles. The number of fused-ring (bicyclic) bond motifs is 1. The largest absolute Gasteiger partial charge is 0.474 e. The summed E-state index contributed by atoms with van der Waals surface area (Å²) in [5, 5.41) is 3.45. The third kappa shape index (κ3) is 4.14. The number of aromatic nitrogens is 1. The lowest BCUT2D eigenvalue weighted by Gasteiger charge is -2.30. The zero-order valence-electron chi connectivity index (χ0n) is 14.7. The second-order valence-electron chi connectivity index (χ2n) is 6.24. The summed E-state index contributed by atoms with van der Waals surface area (Å²) < 4.78 is 5.54. The molecule has 2 aromatic rings. The van der Waals surface area contributed by atoms with Gasteiger partial charge in [-0.3, -0.25) is 9.59 Å². The van der Waals surface area contributed by atoms with Gasteiger partial charge in [0.05, 0.1) is 19.0 Å². The number of benzene rings is 1. The normalized spacial score (nSPS) is 14.2. The maximum Gasteiger partial charge on any atom is 0.238 e. The van der Waals surface area contributed by atoms with Gasteiger partial charge in [-0.2, -0.15) is 0 Å². The van der Waals surface area contributed by atoms with Crippen LogP contribution in [0.3, 0.4) is 0 Å². The average Bonchev–Trinajstić information content (AvgIpc) is 2.60. The van der Waals surface area contributed by atoms with Gasteiger partial charge in [0.2, 0.25) is 17.7 Å². The van der Waals surface area contributed by atoms with Crippen molar-refractivity contribution in [2.45, 2.75) is 26.3 Å². The minimum atomic E-state index is -0.429. The van der Waals surface area contributed by atoms with Crippen LogP contribution in [0.2, 0.25) is 5.02 Å². The van der Waals surface area contributed by atoms with Crippen molar-refractivity contribution in [2.24, 2.45) is 0 Å². The van der Waals surface area contributed by atoms with Crippen LogP contribution < -0.4 is 15.0 Å². The Morgan fingerprint density at radius 1 is 1.35 bits per heavy atom. The topological polar surface area (TPSA) is 71.5 Å². The second-order valence-corrected chi connectivity index (χ2v) is 6.68. The van der Waals surface area contributed by atoms with E-state index in [9.17, 15) is 9.59 Å². The maximum absolute atomic E-state index is 13.0. The van der Waals surface area contributed by atoms with Crippen LogP contribution in [0.4, 0.5) is 5.69 Å². The predicted molar refractivity (Wildman–Crippen MR) is 99.4 cm³/mol. The van der Waals surface area contributed by atoms with Crippen molar-refractivity contribution in [1.82, 2.24) is 10.3 Å². The standard InChI is InChI=1S/C19H20ClN3O3/c1-12-9-17-19(21-11-12)26-8-7-23(17)18(25)10-16(22-13(2)24)14-3-5-15(20)6-4-14/h3-6,9,11,16H,7-8,10H2,1-2H3,(H,22,24). The summed E-state index contributed by atoms with van der Waals surface area (Å²) in [7, 11) is 0. The van der Waals surface area contributed by atoms with Gasteiger partial charge >= 0.3 is 0 Å². The zero-order chi connectivity index (χ0) is 18.7. The van der Waals surface area contributed by atoms with Crippen LogP contribution in [-0.2, 0) is 9.59 Å². The fraction of sp³-hybridized carbons (Fsp3) is 0.316. The average molecular weight is 374 g/mol. The van der Waals surface area contributed by atoms with E-state index in [-0.39, 0.29) is 18.2 Å². The molecular formula is C19H20ClN3O3. The highest BCUT2D eigenvalue weighted by atomic mass is 35.5. The van der Waals surface area contributed by atoms with E-state index in [0.29, 0.717) is 29.7 Å². The summed E-state index contributed by atoms with van der Waals surface area (Å²) >= 11 is 5.94. The van der Waals surface area contributed by atoms with Gasteiger partial charge in [0.15, 0.2) is 0 Å². The van der Waals surface area contributed by atoms with E-state index in [1.807, 2.05) is 25.1 Å². The molecule has 1 aromatic heterocycles. The van der Waals surface area contributed by atoms with Gasteiger partial charge in [-0.05, 0) is 36.2 Å². The number of nitrogens with one attached hydrogen (secondary N) is 1. The Morgan fingerprint density at radius 3 is 2.77 bits per heavy atom. The molecule has 0 spiro atoms. The number of carbonyl (C=O) groups excluding carboxylic acids is 2. The minimum Gasteiger partial charge on any atom is -0.474 e. The maximum atomic E-state index is 13.0. The molecule has 7 heteroatoms. The highest BCUT2D eigenvalue weighted by molar-refractivity contribution is 6.30. The van der Waals surface area contributed by atoms with Crippen molar-refractivity contribution in [3.05, 3.63) is 52.7 Å². The molecule has 0 fully saturated rings. The predicted octanol–water partition coefficient (Wildman–Crippen LogP) is 3.04. The van der Waals surface area contributed by atoms with Crippen LogP contribution in [0.25, 0.3) is 0 Å². The molecular weight excluding hydrogens is 354 g/mol. The van der Waals surface area contributed by atoms with E-state index < -0.39 is 6.04 Å². The summed E-state index contributed by atoms with van der Waals surface area (Å²) in [4.78, 5) is 30.5. The highest BCUT2D eigenvalue weighted by Gasteiger charge is 2.27. The molecule has 0 aliphatic carbocycles. The summed E-state index contributed by atoms with van der Waals surface area (Å²) in [6, 6.07) is 8.57. The first-order chi connectivity index (χ1) is 12.4. The number of hydrogen-bond donors (Lipinski definition) is 1. The Morgan fingerprint density at radius 2 is 2.08 bits per heavy atom. The Kier molecular flexibility index (Phi) is 5.42. The first kappa shape index (κ1) is 18.2. The number of aryl methyl sites for hydroxylation is 1. The molecule has 0 saturated heterocycles. The first-order valence-electron chi connectivity index (χ1n) is 8.36. The number of anilines is 1. The van der Waals surface area contributed by atoms with Crippen LogP contribution in [0.1, 0.15) is 30.5 Å². The van der Waals surface area contributed by atoms with Gasteiger partial charge in [0.1, 0.15) is 12.3 Å². The molecule has 136 valence electrons. The first-order valence-corrected chi connectivity index (χ1v) is 8.74. The number of amides is 2. The van der Waals surface area contributed by atoms with Crippen LogP contribution in [0.5, 0.6) is 5.88 Å². The van der Waals surface area contributed by atoms with Crippen LogP contribution in [0.15, 0.2) is 36.5 Å². The van der Waals surface area contributed by atoms with E-state index in [2.05, 4.69) is 10.3 Å². The molecule has 2 heterocycles. The molecule has 26 heavy (non-hydrogen) atoms. The van der Waals surface area contributed by atoms with Gasteiger partial charge in [-0.25, -0.2) is 4.98 Å². The number of rotatable bonds is 4. The Hall–Kier alpha value is -2.60. The Bertz CT molecular complexity index is 823. The van der Waals surface area contributed by atoms with Crippen LogP contribution >= 0.6 is 11.6 Å². The van der Waals surface area contributed by atoms with E-state index in [0.717, 1.165) is 11.1 Å². The van der Waals surface area contributed by atoms with Crippen molar-refractivity contribution in [3.8, 4) is 5.88 Å². The lowest BCUT2D eigenvalue weighted by Crippen LogP contribution is -2.40. The quantitative estimate of drug-likeness (QED) is 0.894. The molecule has 1 unspecified atom stereocenters. The molecule has 1 N–H and O–H groups in total. The highest BCUT2D eigenvalue weighted by Crippen LogP contribution is 2.31. The molecule has 0 saturated carbocycles. The molecule has 3 rings (SSSR count). The lowest BCUT2D eigenvalue weighted by molar-refractivity contribution is -0.121. The number of halogens is 1. The summed E-state index contributed by atoms with van der Waals surface area (Å²) in [5.74, 6) is 0.158. The molecule has 1 atom stereocenters. The fourth-order valence-electron chi connectivity index (χ4n) is 2.94. The summed E-state index contributed by atoms with van der Waals surface area (Å²) in [6.45, 7) is 4.19. The van der Waals surface area contributed by atoms with Gasteiger partial charge in [0, 0.05) is 18.1 Å². The number of hydrogen-bond acceptors (Lipinski definition) is 4. The third-order valence-corrected chi connectivity index (χ3v) is 4.40. The van der Waals surface area contributed by atoms with E-state index >= 15 is 0 Å². The molecule has 1 aliphatic rings. The Balaban J connectivity index is 1.83. The van der Waals surface area contributed by atoms with E-state index in [1.54, 1.807) is 23.2 Å². The van der Waals surface area contributed by atoms with Gasteiger partial charge in [0.25, 0.3) is 0 Å². The monoisotopic (exact) mass is 373 g/mol. The summed E-state index contributed by atoms with van der Waals surface area (Å²) in [6.07, 6.45) is 1.84.